The second kappa shape index (κ2) is 7.53. The van der Waals surface area contributed by atoms with Gasteiger partial charge >= 0.3 is 6.03 Å². The Kier molecular flexibility index (Phi) is 4.78. The number of fused-ring (bicyclic) bond motifs is 1. The molecule has 8 nitrogen and oxygen atoms in total. The molecule has 3 heterocycles. The molecule has 8 heteroatoms. The monoisotopic (exact) mass is 368 g/mol. The first-order valence-corrected chi connectivity index (χ1v) is 8.82. The summed E-state index contributed by atoms with van der Waals surface area (Å²) in [5.41, 5.74) is 1.70. The highest BCUT2D eigenvalue weighted by molar-refractivity contribution is 5.96. The maximum atomic E-state index is 12.7. The Hall–Kier alpha value is -3.29. The van der Waals surface area contributed by atoms with Crippen molar-refractivity contribution in [3.05, 3.63) is 48.3 Å². The summed E-state index contributed by atoms with van der Waals surface area (Å²) in [7, 11) is 0. The van der Waals surface area contributed by atoms with Crippen LogP contribution in [0.15, 0.2) is 42.7 Å². The molecule has 0 radical (unpaired) electrons. The van der Waals surface area contributed by atoms with Crippen molar-refractivity contribution >= 4 is 17.6 Å². The number of pyridine rings is 1. The highest BCUT2D eigenvalue weighted by Gasteiger charge is 2.31. The Morgan fingerprint density at radius 2 is 1.85 bits per heavy atom. The number of carbonyl (C=O) groups is 2. The smallest absolute Gasteiger partial charge is 0.325 e. The highest BCUT2D eigenvalue weighted by Crippen LogP contribution is 2.34. The van der Waals surface area contributed by atoms with Gasteiger partial charge in [0.1, 0.15) is 19.8 Å². The number of hydrogen-bond acceptors (Lipinski definition) is 5. The lowest BCUT2D eigenvalue weighted by Crippen LogP contribution is -2.39. The van der Waals surface area contributed by atoms with Gasteiger partial charge in [0.2, 0.25) is 5.91 Å². The van der Waals surface area contributed by atoms with Gasteiger partial charge < -0.3 is 19.7 Å². The molecule has 4 rings (SSSR count). The molecule has 0 unspecified atom stereocenters. The van der Waals surface area contributed by atoms with Crippen LogP contribution in [0.5, 0.6) is 11.5 Å². The highest BCUT2D eigenvalue weighted by atomic mass is 16.6. The third kappa shape index (κ3) is 3.79. The predicted octanol–water partition coefficient (Wildman–Crippen LogP) is 1.41. The van der Waals surface area contributed by atoms with E-state index in [-0.39, 0.29) is 18.5 Å². The number of hydrogen-bond donors (Lipinski definition) is 1. The van der Waals surface area contributed by atoms with E-state index in [1.54, 1.807) is 34.3 Å². The molecule has 2 aliphatic rings. The SMILES string of the molecule is O=C(CN1CCN(c2ccc3c(c2)OCCO3)C1=O)NCc1ccncc1. The van der Waals surface area contributed by atoms with Crippen molar-refractivity contribution in [1.82, 2.24) is 15.2 Å². The minimum atomic E-state index is -0.191. The summed E-state index contributed by atoms with van der Waals surface area (Å²) in [5.74, 6) is 1.13. The number of rotatable bonds is 5. The average molecular weight is 368 g/mol. The van der Waals surface area contributed by atoms with E-state index in [9.17, 15) is 9.59 Å². The van der Waals surface area contributed by atoms with E-state index >= 15 is 0 Å². The lowest BCUT2D eigenvalue weighted by Gasteiger charge is -2.22. The number of ether oxygens (including phenoxy) is 2. The van der Waals surface area contributed by atoms with Crippen LogP contribution in [-0.2, 0) is 11.3 Å². The van der Waals surface area contributed by atoms with Crippen LogP contribution >= 0.6 is 0 Å². The van der Waals surface area contributed by atoms with Gasteiger partial charge in [0.05, 0.1) is 0 Å². The summed E-state index contributed by atoms with van der Waals surface area (Å²) in [6.45, 7) is 2.48. The quantitative estimate of drug-likeness (QED) is 0.863. The summed E-state index contributed by atoms with van der Waals surface area (Å²) in [6.07, 6.45) is 3.35. The van der Waals surface area contributed by atoms with E-state index < -0.39 is 0 Å². The number of nitrogens with one attached hydrogen (secondary N) is 1. The third-order valence-electron chi connectivity index (χ3n) is 4.51. The molecule has 140 valence electrons. The van der Waals surface area contributed by atoms with Crippen LogP contribution in [0.2, 0.25) is 0 Å². The van der Waals surface area contributed by atoms with Gasteiger partial charge in [0.15, 0.2) is 11.5 Å². The molecule has 1 fully saturated rings. The number of anilines is 1. The van der Waals surface area contributed by atoms with Crippen molar-refractivity contribution in [1.29, 1.82) is 0 Å². The van der Waals surface area contributed by atoms with Gasteiger partial charge in [-0.2, -0.15) is 0 Å². The zero-order chi connectivity index (χ0) is 18.6. The van der Waals surface area contributed by atoms with Crippen molar-refractivity contribution in [3.8, 4) is 11.5 Å². The van der Waals surface area contributed by atoms with Crippen LogP contribution in [0.1, 0.15) is 5.56 Å². The van der Waals surface area contributed by atoms with Gasteiger partial charge in [-0.05, 0) is 29.8 Å². The molecular formula is C19H20N4O4. The molecule has 1 saturated heterocycles. The maximum absolute atomic E-state index is 12.7. The molecule has 0 bridgehead atoms. The van der Waals surface area contributed by atoms with Crippen LogP contribution in [0.25, 0.3) is 0 Å². The van der Waals surface area contributed by atoms with E-state index in [1.165, 1.54) is 0 Å². The molecule has 2 aromatic rings. The minimum Gasteiger partial charge on any atom is -0.486 e. The zero-order valence-corrected chi connectivity index (χ0v) is 14.8. The van der Waals surface area contributed by atoms with Crippen LogP contribution < -0.4 is 19.7 Å². The molecule has 1 aromatic heterocycles. The first-order valence-electron chi connectivity index (χ1n) is 8.82. The molecule has 0 aliphatic carbocycles. The predicted molar refractivity (Wildman–Crippen MR) is 97.8 cm³/mol. The topological polar surface area (TPSA) is 84.0 Å². The number of nitrogens with zero attached hydrogens (tertiary/aromatic N) is 3. The van der Waals surface area contributed by atoms with Gasteiger partial charge in [-0.25, -0.2) is 4.79 Å². The summed E-state index contributed by atoms with van der Waals surface area (Å²) in [4.78, 5) is 32.0. The molecule has 27 heavy (non-hydrogen) atoms. The molecule has 2 aliphatic heterocycles. The molecule has 0 saturated carbocycles. The first-order chi connectivity index (χ1) is 13.2. The fourth-order valence-electron chi connectivity index (χ4n) is 3.10. The molecule has 1 aromatic carbocycles. The second-order valence-corrected chi connectivity index (χ2v) is 6.32. The van der Waals surface area contributed by atoms with Gasteiger partial charge in [0.25, 0.3) is 0 Å². The number of aromatic nitrogens is 1. The Morgan fingerprint density at radius 1 is 1.07 bits per heavy atom. The van der Waals surface area contributed by atoms with Crippen LogP contribution in [0, 0.1) is 0 Å². The fraction of sp³-hybridized carbons (Fsp3) is 0.316. The van der Waals surface area contributed by atoms with Gasteiger partial charge in [-0.15, -0.1) is 0 Å². The lowest BCUT2D eigenvalue weighted by molar-refractivity contribution is -0.121. The van der Waals surface area contributed by atoms with Crippen molar-refractivity contribution in [2.24, 2.45) is 0 Å². The van der Waals surface area contributed by atoms with E-state index in [0.717, 1.165) is 11.3 Å². The summed E-state index contributed by atoms with van der Waals surface area (Å²) in [5, 5.41) is 2.83. The maximum Gasteiger partial charge on any atom is 0.325 e. The Labute approximate surface area is 156 Å². The Morgan fingerprint density at radius 3 is 2.67 bits per heavy atom. The van der Waals surface area contributed by atoms with E-state index in [2.05, 4.69) is 10.3 Å². The van der Waals surface area contributed by atoms with Gasteiger partial charge in [0, 0.05) is 43.8 Å². The lowest BCUT2D eigenvalue weighted by atomic mass is 10.2. The standard InChI is InChI=1S/C19H20N4O4/c24-18(21-12-14-3-5-20-6-4-14)13-22-7-8-23(19(22)25)15-1-2-16-17(11-15)27-10-9-26-16/h1-6,11H,7-10,12-13H2,(H,21,24). The van der Waals surface area contributed by atoms with Crippen LogP contribution in [0.4, 0.5) is 10.5 Å². The zero-order valence-electron chi connectivity index (χ0n) is 14.8. The molecular weight excluding hydrogens is 348 g/mol. The van der Waals surface area contributed by atoms with Crippen molar-refractivity contribution < 1.29 is 19.1 Å². The molecule has 3 amide bonds. The number of urea groups is 1. The summed E-state index contributed by atoms with van der Waals surface area (Å²) >= 11 is 0. The average Bonchev–Trinajstić information content (AvgIpc) is 3.07. The number of carbonyl (C=O) groups excluding carboxylic acids is 2. The van der Waals surface area contributed by atoms with E-state index in [4.69, 9.17) is 9.47 Å². The van der Waals surface area contributed by atoms with Crippen LogP contribution in [-0.4, -0.2) is 54.7 Å². The Bertz CT molecular complexity index is 843. The largest absolute Gasteiger partial charge is 0.486 e. The molecule has 0 atom stereocenters. The van der Waals surface area contributed by atoms with Gasteiger partial charge in [-0.3, -0.25) is 14.7 Å². The van der Waals surface area contributed by atoms with Crippen molar-refractivity contribution in [2.45, 2.75) is 6.54 Å². The Balaban J connectivity index is 1.35. The second-order valence-electron chi connectivity index (χ2n) is 6.32. The number of benzene rings is 1. The molecule has 1 N–H and O–H groups in total. The summed E-state index contributed by atoms with van der Waals surface area (Å²) in [6, 6.07) is 8.93. The summed E-state index contributed by atoms with van der Waals surface area (Å²) < 4.78 is 11.1. The first kappa shape index (κ1) is 17.1. The number of amides is 3. The molecule has 0 spiro atoms. The van der Waals surface area contributed by atoms with Gasteiger partial charge in [-0.1, -0.05) is 0 Å². The normalized spacial score (nSPS) is 15.8. The van der Waals surface area contributed by atoms with Crippen LogP contribution in [0.3, 0.4) is 0 Å². The van der Waals surface area contributed by atoms with Crippen molar-refractivity contribution in [2.75, 3.05) is 37.7 Å². The fourth-order valence-corrected chi connectivity index (χ4v) is 3.10. The third-order valence-corrected chi connectivity index (χ3v) is 4.51. The van der Waals surface area contributed by atoms with E-state index in [1.807, 2.05) is 18.2 Å². The van der Waals surface area contributed by atoms with E-state index in [0.29, 0.717) is 44.3 Å². The van der Waals surface area contributed by atoms with Crippen molar-refractivity contribution in [3.63, 3.8) is 0 Å². The minimum absolute atomic E-state index is 0.0327.